The van der Waals surface area contributed by atoms with Gasteiger partial charge in [0, 0.05) is 0 Å². The fourth-order valence-electron chi connectivity index (χ4n) is 2.01. The maximum atomic E-state index is 12.2. The van der Waals surface area contributed by atoms with E-state index in [0.717, 1.165) is 0 Å². The van der Waals surface area contributed by atoms with Crippen LogP contribution in [-0.4, -0.2) is 78.4 Å². The molecule has 0 aromatic carbocycles. The van der Waals surface area contributed by atoms with Gasteiger partial charge in [0.1, 0.15) is 0 Å². The first kappa shape index (κ1) is 27.2. The predicted molar refractivity (Wildman–Crippen MR) is 104 cm³/mol. The molecule has 27 heavy (non-hydrogen) atoms. The minimum Gasteiger partial charge on any atom is -0.378 e. The first-order chi connectivity index (χ1) is 12.9. The van der Waals surface area contributed by atoms with Gasteiger partial charge in [0.15, 0.2) is 0 Å². The highest BCUT2D eigenvalue weighted by molar-refractivity contribution is 7.54. The lowest BCUT2D eigenvalue weighted by molar-refractivity contribution is 0.0188. The van der Waals surface area contributed by atoms with Crippen molar-refractivity contribution in [2.75, 3.05) is 78.4 Å². The average molecular weight is 434 g/mol. The zero-order valence-electron chi connectivity index (χ0n) is 17.1. The van der Waals surface area contributed by atoms with E-state index in [2.05, 4.69) is 0 Å². The van der Waals surface area contributed by atoms with Crippen molar-refractivity contribution in [3.8, 4) is 0 Å². The zero-order chi connectivity index (χ0) is 20.4. The largest absolute Gasteiger partial charge is 0.378 e. The van der Waals surface area contributed by atoms with Crippen molar-refractivity contribution in [2.45, 2.75) is 27.7 Å². The molecule has 0 saturated heterocycles. The molecule has 0 spiro atoms. The number of rotatable bonds is 20. The van der Waals surface area contributed by atoms with E-state index >= 15 is 0 Å². The van der Waals surface area contributed by atoms with E-state index in [4.69, 9.17) is 32.3 Å². The van der Waals surface area contributed by atoms with Crippen molar-refractivity contribution in [3.63, 3.8) is 0 Å². The maximum absolute atomic E-state index is 12.2. The van der Waals surface area contributed by atoms with Crippen molar-refractivity contribution in [1.82, 2.24) is 0 Å². The van der Waals surface area contributed by atoms with Crippen LogP contribution in [0.5, 0.6) is 0 Å². The van der Waals surface area contributed by atoms with E-state index in [-0.39, 0.29) is 25.5 Å². The summed E-state index contributed by atoms with van der Waals surface area (Å²) >= 11 is 0. The Morgan fingerprint density at radius 1 is 0.481 bits per heavy atom. The first-order valence-electron chi connectivity index (χ1n) is 9.44. The Bertz CT molecular complexity index is 376. The van der Waals surface area contributed by atoms with Crippen molar-refractivity contribution in [1.29, 1.82) is 0 Å². The molecule has 0 aromatic rings. The number of hydrogen-bond acceptors (Lipinski definition) is 9. The van der Waals surface area contributed by atoms with Gasteiger partial charge < -0.3 is 32.3 Å². The summed E-state index contributed by atoms with van der Waals surface area (Å²) in [5.41, 5.74) is 0. The fraction of sp³-hybridized carbons (Fsp3) is 1.00. The van der Waals surface area contributed by atoms with E-state index in [1.807, 2.05) is 0 Å². The lowest BCUT2D eigenvalue weighted by atomic mass is 10.7. The van der Waals surface area contributed by atoms with Gasteiger partial charge >= 0.3 is 15.2 Å². The molecule has 0 fully saturated rings. The molecule has 0 radical (unpaired) electrons. The molecule has 164 valence electrons. The molecule has 0 aromatic heterocycles. The fourth-order valence-corrected chi connectivity index (χ4v) is 4.96. The Balaban J connectivity index is 3.62. The quantitative estimate of drug-likeness (QED) is 0.210. The van der Waals surface area contributed by atoms with Gasteiger partial charge in [0.25, 0.3) is 0 Å². The molecule has 0 bridgehead atoms. The van der Waals surface area contributed by atoms with Crippen molar-refractivity contribution in [2.24, 2.45) is 0 Å². The number of ether oxygens (including phenoxy) is 3. The highest BCUT2D eigenvalue weighted by atomic mass is 31.2. The molecule has 0 aliphatic rings. The van der Waals surface area contributed by atoms with Crippen LogP contribution in [0.25, 0.3) is 0 Å². The summed E-state index contributed by atoms with van der Waals surface area (Å²) in [7, 11) is -6.09. The molecule has 0 unspecified atom stereocenters. The van der Waals surface area contributed by atoms with Crippen LogP contribution in [0.2, 0.25) is 0 Å². The zero-order valence-corrected chi connectivity index (χ0v) is 18.8. The van der Waals surface area contributed by atoms with Crippen molar-refractivity contribution >= 4 is 15.2 Å². The van der Waals surface area contributed by atoms with Gasteiger partial charge in [-0.3, -0.25) is 9.13 Å². The molecule has 0 atom stereocenters. The van der Waals surface area contributed by atoms with Crippen LogP contribution >= 0.6 is 15.2 Å². The van der Waals surface area contributed by atoms with Crippen LogP contribution in [0.3, 0.4) is 0 Å². The van der Waals surface area contributed by atoms with E-state index < -0.39 is 15.2 Å². The van der Waals surface area contributed by atoms with E-state index in [0.29, 0.717) is 52.9 Å². The third kappa shape index (κ3) is 14.8. The lowest BCUT2D eigenvalue weighted by Crippen LogP contribution is -2.13. The minimum atomic E-state index is -3.05. The Morgan fingerprint density at radius 3 is 1.00 bits per heavy atom. The van der Waals surface area contributed by atoms with Crippen LogP contribution in [0.1, 0.15) is 27.7 Å². The Labute approximate surface area is 163 Å². The maximum Gasteiger partial charge on any atom is 0.332 e. The topological polar surface area (TPSA) is 98.8 Å². The summed E-state index contributed by atoms with van der Waals surface area (Å²) in [5.74, 6) is 0. The lowest BCUT2D eigenvalue weighted by Gasteiger charge is -2.17. The summed E-state index contributed by atoms with van der Waals surface area (Å²) in [6, 6.07) is 0. The molecule has 11 heteroatoms. The second-order valence-corrected chi connectivity index (χ2v) is 9.55. The summed E-state index contributed by atoms with van der Waals surface area (Å²) in [6.07, 6.45) is 0.440. The first-order valence-corrected chi connectivity index (χ1v) is 12.9. The number of hydrogen-bond donors (Lipinski definition) is 0. The molecule has 0 N–H and O–H groups in total. The molecule has 9 nitrogen and oxygen atoms in total. The van der Waals surface area contributed by atoms with E-state index in [9.17, 15) is 9.13 Å². The molecule has 0 aliphatic carbocycles. The second-order valence-electron chi connectivity index (χ2n) is 5.18. The monoisotopic (exact) mass is 434 g/mol. The van der Waals surface area contributed by atoms with Gasteiger partial charge in [-0.2, -0.15) is 0 Å². The summed E-state index contributed by atoms with van der Waals surface area (Å²) in [6.45, 7) is 10.5. The van der Waals surface area contributed by atoms with Crippen molar-refractivity contribution in [3.05, 3.63) is 0 Å². The molecule has 0 amide bonds. The average Bonchev–Trinajstić information content (AvgIpc) is 2.60. The Hall–Kier alpha value is 0.180. The van der Waals surface area contributed by atoms with E-state index in [1.54, 1.807) is 27.7 Å². The van der Waals surface area contributed by atoms with Crippen LogP contribution in [-0.2, 0) is 41.4 Å². The predicted octanol–water partition coefficient (Wildman–Crippen LogP) is 3.57. The van der Waals surface area contributed by atoms with Gasteiger partial charge in [-0.15, -0.1) is 0 Å². The van der Waals surface area contributed by atoms with Gasteiger partial charge in [0.05, 0.1) is 78.4 Å². The summed E-state index contributed by atoms with van der Waals surface area (Å²) in [4.78, 5) is 0. The highest BCUT2D eigenvalue weighted by Gasteiger charge is 2.23. The third-order valence-electron chi connectivity index (χ3n) is 3.07. The second kappa shape index (κ2) is 17.1. The SMILES string of the molecule is CCOP(=O)(CCOCCOCCOCCP(=O)(OCC)OCC)OCC. The third-order valence-corrected chi connectivity index (χ3v) is 7.13. The summed E-state index contributed by atoms with van der Waals surface area (Å²) < 4.78 is 61.2. The molecular weight excluding hydrogens is 398 g/mol. The smallest absolute Gasteiger partial charge is 0.332 e. The van der Waals surface area contributed by atoms with Crippen LogP contribution in [0, 0.1) is 0 Å². The van der Waals surface area contributed by atoms with Crippen LogP contribution < -0.4 is 0 Å². The van der Waals surface area contributed by atoms with Gasteiger partial charge in [-0.25, -0.2) is 0 Å². The van der Waals surface area contributed by atoms with Crippen LogP contribution in [0.15, 0.2) is 0 Å². The molecular formula is C16H36O9P2. The molecule has 0 rings (SSSR count). The van der Waals surface area contributed by atoms with Gasteiger partial charge in [-0.05, 0) is 27.7 Å². The Kier molecular flexibility index (Phi) is 17.2. The molecule has 0 heterocycles. The minimum absolute atomic E-state index is 0.220. The van der Waals surface area contributed by atoms with Crippen molar-refractivity contribution < 1.29 is 41.4 Å². The highest BCUT2D eigenvalue weighted by Crippen LogP contribution is 2.48. The van der Waals surface area contributed by atoms with Gasteiger partial charge in [-0.1, -0.05) is 0 Å². The molecule has 0 saturated carbocycles. The molecule has 0 aliphatic heterocycles. The summed E-state index contributed by atoms with van der Waals surface area (Å²) in [5, 5.41) is 0. The Morgan fingerprint density at radius 2 is 0.741 bits per heavy atom. The standard InChI is InChI=1S/C16H36O9P2/c1-5-22-26(17,23-6-2)15-13-20-11-9-19-10-12-21-14-16-27(18,24-7-3)25-8-4/h5-16H2,1-4H3. The van der Waals surface area contributed by atoms with Gasteiger partial charge in [0.2, 0.25) is 0 Å². The normalized spacial score (nSPS) is 12.6. The van der Waals surface area contributed by atoms with E-state index in [1.165, 1.54) is 0 Å². The van der Waals surface area contributed by atoms with Crippen LogP contribution in [0.4, 0.5) is 0 Å².